The molecule has 7 nitrogen and oxygen atoms in total. The van der Waals surface area contributed by atoms with Crippen LogP contribution in [0.25, 0.3) is 0 Å². The second-order valence-electron chi connectivity index (χ2n) is 4.96. The SMILES string of the molecule is COc1ccc([C@@H](Sc2cc(Cl)ccc2[N+](=O)[O-])C(O)C(=O)O)cc1. The van der Waals surface area contributed by atoms with Gasteiger partial charge in [0.2, 0.25) is 0 Å². The predicted octanol–water partition coefficient (Wildman–Crippen LogP) is 3.54. The maximum absolute atomic E-state index is 11.3. The molecule has 0 aliphatic heterocycles. The van der Waals surface area contributed by atoms with E-state index >= 15 is 0 Å². The van der Waals surface area contributed by atoms with E-state index in [0.29, 0.717) is 11.3 Å². The molecule has 0 saturated carbocycles. The summed E-state index contributed by atoms with van der Waals surface area (Å²) in [4.78, 5) is 22.0. The summed E-state index contributed by atoms with van der Waals surface area (Å²) in [5.74, 6) is -0.871. The first kappa shape index (κ1) is 19.0. The third-order valence-corrected chi connectivity index (χ3v) is 4.96. The standard InChI is InChI=1S/C16H14ClNO6S/c1-24-11-5-2-9(3-6-11)15(14(19)16(20)21)25-13-8-10(17)4-7-12(13)18(22)23/h2-8,14-15,19H,1H3,(H,20,21)/t14?,15-/m1/s1. The largest absolute Gasteiger partial charge is 0.497 e. The van der Waals surface area contributed by atoms with Gasteiger partial charge in [-0.15, -0.1) is 11.8 Å². The molecular weight excluding hydrogens is 370 g/mol. The fourth-order valence-corrected chi connectivity index (χ4v) is 3.62. The number of carboxylic acids is 1. The Morgan fingerprint density at radius 1 is 1.28 bits per heavy atom. The molecule has 0 radical (unpaired) electrons. The molecule has 0 aromatic heterocycles. The van der Waals surface area contributed by atoms with Crippen molar-refractivity contribution in [2.24, 2.45) is 0 Å². The van der Waals surface area contributed by atoms with Crippen LogP contribution < -0.4 is 4.74 Å². The van der Waals surface area contributed by atoms with Gasteiger partial charge in [-0.2, -0.15) is 0 Å². The fraction of sp³-hybridized carbons (Fsp3) is 0.188. The summed E-state index contributed by atoms with van der Waals surface area (Å²) in [6, 6.07) is 10.4. The van der Waals surface area contributed by atoms with Gasteiger partial charge in [0.25, 0.3) is 5.69 Å². The zero-order valence-electron chi connectivity index (χ0n) is 13.0. The number of aliphatic hydroxyl groups is 1. The predicted molar refractivity (Wildman–Crippen MR) is 93.3 cm³/mol. The highest BCUT2D eigenvalue weighted by Gasteiger charge is 2.30. The van der Waals surface area contributed by atoms with E-state index in [1.54, 1.807) is 24.3 Å². The van der Waals surface area contributed by atoms with Crippen LogP contribution in [0.3, 0.4) is 0 Å². The van der Waals surface area contributed by atoms with Gasteiger partial charge in [-0.3, -0.25) is 10.1 Å². The summed E-state index contributed by atoms with van der Waals surface area (Å²) in [7, 11) is 1.49. The number of nitro groups is 1. The topological polar surface area (TPSA) is 110 Å². The summed E-state index contributed by atoms with van der Waals surface area (Å²) in [5, 5.41) is 29.7. The molecule has 1 unspecified atom stereocenters. The Bertz CT molecular complexity index is 783. The number of carboxylic acid groups (broad SMARTS) is 1. The highest BCUT2D eigenvalue weighted by atomic mass is 35.5. The van der Waals surface area contributed by atoms with Gasteiger partial charge in [0, 0.05) is 11.1 Å². The summed E-state index contributed by atoms with van der Waals surface area (Å²) < 4.78 is 5.05. The van der Waals surface area contributed by atoms with Gasteiger partial charge in [-0.25, -0.2) is 4.79 Å². The van der Waals surface area contributed by atoms with Crippen molar-refractivity contribution in [1.29, 1.82) is 0 Å². The Labute approximate surface area is 152 Å². The number of aliphatic carboxylic acids is 1. The number of methoxy groups -OCH3 is 1. The number of halogens is 1. The van der Waals surface area contributed by atoms with E-state index < -0.39 is 22.2 Å². The van der Waals surface area contributed by atoms with Crippen LogP contribution in [-0.4, -0.2) is 34.3 Å². The van der Waals surface area contributed by atoms with Gasteiger partial charge in [0.15, 0.2) is 6.10 Å². The first-order valence-corrected chi connectivity index (χ1v) is 8.24. The van der Waals surface area contributed by atoms with E-state index in [0.717, 1.165) is 11.8 Å². The van der Waals surface area contributed by atoms with Crippen LogP contribution in [0.2, 0.25) is 5.02 Å². The van der Waals surface area contributed by atoms with Gasteiger partial charge in [-0.05, 0) is 29.8 Å². The molecule has 9 heteroatoms. The molecule has 2 aromatic carbocycles. The second kappa shape index (κ2) is 8.19. The number of nitro benzene ring substituents is 1. The normalized spacial score (nSPS) is 13.1. The minimum absolute atomic E-state index is 0.165. The first-order valence-electron chi connectivity index (χ1n) is 6.99. The molecular formula is C16H14ClNO6S. The number of hydrogen-bond acceptors (Lipinski definition) is 6. The number of benzene rings is 2. The number of carbonyl (C=O) groups is 1. The molecule has 0 spiro atoms. The van der Waals surface area contributed by atoms with Gasteiger partial charge in [-0.1, -0.05) is 23.7 Å². The highest BCUT2D eigenvalue weighted by Crippen LogP contribution is 2.43. The lowest BCUT2D eigenvalue weighted by Gasteiger charge is -2.20. The molecule has 0 fully saturated rings. The van der Waals surface area contributed by atoms with E-state index in [-0.39, 0.29) is 15.6 Å². The maximum atomic E-state index is 11.3. The zero-order valence-corrected chi connectivity index (χ0v) is 14.5. The fourth-order valence-electron chi connectivity index (χ4n) is 2.11. The number of rotatable bonds is 7. The van der Waals surface area contributed by atoms with Crippen LogP contribution in [0.1, 0.15) is 10.8 Å². The molecule has 0 bridgehead atoms. The maximum Gasteiger partial charge on any atom is 0.334 e. The number of aliphatic hydroxyl groups excluding tert-OH is 1. The van der Waals surface area contributed by atoms with E-state index in [4.69, 9.17) is 16.3 Å². The van der Waals surface area contributed by atoms with Crippen LogP contribution in [0.4, 0.5) is 5.69 Å². The number of ether oxygens (including phenoxy) is 1. The lowest BCUT2D eigenvalue weighted by Crippen LogP contribution is -2.26. The zero-order chi connectivity index (χ0) is 18.6. The Hall–Kier alpha value is -2.29. The smallest absolute Gasteiger partial charge is 0.334 e. The summed E-state index contributed by atoms with van der Waals surface area (Å²) in [6.07, 6.45) is -1.77. The molecule has 25 heavy (non-hydrogen) atoms. The summed E-state index contributed by atoms with van der Waals surface area (Å²) in [6.45, 7) is 0. The molecule has 2 atom stereocenters. The van der Waals surface area contributed by atoms with E-state index in [1.165, 1.54) is 25.3 Å². The van der Waals surface area contributed by atoms with Crippen molar-refractivity contribution in [3.63, 3.8) is 0 Å². The second-order valence-corrected chi connectivity index (χ2v) is 6.58. The average molecular weight is 384 g/mol. The lowest BCUT2D eigenvalue weighted by molar-refractivity contribution is -0.387. The summed E-state index contributed by atoms with van der Waals surface area (Å²) >= 11 is 6.76. The van der Waals surface area contributed by atoms with Gasteiger partial charge >= 0.3 is 5.97 Å². The van der Waals surface area contributed by atoms with Crippen molar-refractivity contribution in [2.75, 3.05) is 7.11 Å². The van der Waals surface area contributed by atoms with Crippen LogP contribution in [0, 0.1) is 10.1 Å². The lowest BCUT2D eigenvalue weighted by atomic mass is 10.1. The van der Waals surface area contributed by atoms with Gasteiger partial charge in [0.05, 0.1) is 22.2 Å². The van der Waals surface area contributed by atoms with Crippen LogP contribution in [0.5, 0.6) is 5.75 Å². The molecule has 0 aliphatic rings. The molecule has 2 N–H and O–H groups in total. The first-order chi connectivity index (χ1) is 11.8. The van der Waals surface area contributed by atoms with Crippen molar-refractivity contribution in [1.82, 2.24) is 0 Å². The number of nitrogens with zero attached hydrogens (tertiary/aromatic N) is 1. The average Bonchev–Trinajstić information content (AvgIpc) is 2.59. The Balaban J connectivity index is 2.45. The monoisotopic (exact) mass is 383 g/mol. The quantitative estimate of drug-likeness (QED) is 0.427. The van der Waals surface area contributed by atoms with Gasteiger partial charge < -0.3 is 14.9 Å². The van der Waals surface area contributed by atoms with E-state index in [9.17, 15) is 25.1 Å². The Morgan fingerprint density at radius 3 is 2.44 bits per heavy atom. The molecule has 2 rings (SSSR count). The van der Waals surface area contributed by atoms with Crippen molar-refractivity contribution in [3.05, 3.63) is 63.2 Å². The van der Waals surface area contributed by atoms with Gasteiger partial charge in [0.1, 0.15) is 5.75 Å². The minimum atomic E-state index is -1.77. The van der Waals surface area contributed by atoms with Crippen molar-refractivity contribution >= 4 is 35.0 Å². The van der Waals surface area contributed by atoms with Crippen molar-refractivity contribution in [2.45, 2.75) is 16.2 Å². The molecule has 132 valence electrons. The molecule has 0 aliphatic carbocycles. The van der Waals surface area contributed by atoms with Crippen LogP contribution in [0.15, 0.2) is 47.4 Å². The third kappa shape index (κ3) is 4.62. The summed E-state index contributed by atoms with van der Waals surface area (Å²) in [5.41, 5.74) is 0.264. The van der Waals surface area contributed by atoms with E-state index in [1.807, 2.05) is 0 Å². The third-order valence-electron chi connectivity index (χ3n) is 3.36. The Morgan fingerprint density at radius 2 is 1.92 bits per heavy atom. The molecule has 0 heterocycles. The van der Waals surface area contributed by atoms with Crippen LogP contribution in [-0.2, 0) is 4.79 Å². The minimum Gasteiger partial charge on any atom is -0.497 e. The highest BCUT2D eigenvalue weighted by molar-refractivity contribution is 7.99. The van der Waals surface area contributed by atoms with Crippen molar-refractivity contribution < 1.29 is 24.7 Å². The molecule has 0 saturated heterocycles. The number of hydrogen-bond donors (Lipinski definition) is 2. The van der Waals surface area contributed by atoms with Crippen molar-refractivity contribution in [3.8, 4) is 5.75 Å². The molecule has 2 aromatic rings. The Kier molecular flexibility index (Phi) is 6.24. The van der Waals surface area contributed by atoms with Crippen LogP contribution >= 0.6 is 23.4 Å². The van der Waals surface area contributed by atoms with E-state index in [2.05, 4.69) is 0 Å². The number of thioether (sulfide) groups is 1. The molecule has 0 amide bonds.